The van der Waals surface area contributed by atoms with Crippen molar-refractivity contribution in [2.24, 2.45) is 0 Å². The molecule has 8 heteroatoms. The molecule has 0 unspecified atom stereocenters. The second-order valence-corrected chi connectivity index (χ2v) is 3.31. The van der Waals surface area contributed by atoms with E-state index in [1.54, 1.807) is 0 Å². The first-order valence-electron chi connectivity index (χ1n) is 4.66. The molecule has 98 valence electrons. The molecule has 1 aromatic carbocycles. The number of carbonyl (C=O) groups excluding carboxylic acids is 1. The molecule has 0 heterocycles. The van der Waals surface area contributed by atoms with Crippen LogP contribution in [0.25, 0.3) is 0 Å². The number of carbonyl (C=O) groups is 2. The van der Waals surface area contributed by atoms with E-state index >= 15 is 0 Å². The van der Waals surface area contributed by atoms with Gasteiger partial charge in [0.05, 0.1) is 6.54 Å². The molecule has 5 nitrogen and oxygen atoms in total. The summed E-state index contributed by atoms with van der Waals surface area (Å²) in [5.74, 6) is -6.92. The Hall–Kier alpha value is -2.09. The van der Waals surface area contributed by atoms with Crippen molar-refractivity contribution in [2.45, 2.75) is 6.10 Å². The predicted octanol–water partition coefficient (Wildman–Crippen LogP) is 0.279. The monoisotopic (exact) mass is 263 g/mol. The van der Waals surface area contributed by atoms with E-state index in [0.717, 1.165) is 0 Å². The fourth-order valence-electron chi connectivity index (χ4n) is 1.12. The Morgan fingerprint density at radius 3 is 2.17 bits per heavy atom. The van der Waals surface area contributed by atoms with Gasteiger partial charge in [-0.3, -0.25) is 4.79 Å². The van der Waals surface area contributed by atoms with Gasteiger partial charge in [0.15, 0.2) is 6.10 Å². The minimum atomic E-state index is -1.90. The molecule has 0 spiro atoms. The van der Waals surface area contributed by atoms with Crippen molar-refractivity contribution in [1.29, 1.82) is 0 Å². The number of halogens is 3. The van der Waals surface area contributed by atoms with E-state index in [2.05, 4.69) is 0 Å². The average molecular weight is 263 g/mol. The summed E-state index contributed by atoms with van der Waals surface area (Å²) in [7, 11) is 0. The number of aliphatic hydroxyl groups excluding tert-OH is 1. The molecule has 0 aliphatic heterocycles. The Bertz CT molecular complexity index is 469. The first-order chi connectivity index (χ1) is 8.32. The van der Waals surface area contributed by atoms with Crippen LogP contribution in [0.3, 0.4) is 0 Å². The number of aliphatic carboxylic acids is 1. The molecular formula is C10H8F3NO4. The fraction of sp³-hybridized carbons (Fsp3) is 0.200. The fourth-order valence-corrected chi connectivity index (χ4v) is 1.12. The van der Waals surface area contributed by atoms with Crippen molar-refractivity contribution >= 4 is 11.9 Å². The van der Waals surface area contributed by atoms with Gasteiger partial charge in [0.25, 0.3) is 5.91 Å². The van der Waals surface area contributed by atoms with Gasteiger partial charge in [-0.05, 0) is 0 Å². The summed E-state index contributed by atoms with van der Waals surface area (Å²) in [6.07, 6.45) is -1.90. The maximum Gasteiger partial charge on any atom is 0.334 e. The molecule has 18 heavy (non-hydrogen) atoms. The topological polar surface area (TPSA) is 86.6 Å². The highest BCUT2D eigenvalue weighted by atomic mass is 19.1. The molecule has 1 rings (SSSR count). The number of rotatable bonds is 4. The van der Waals surface area contributed by atoms with Crippen LogP contribution < -0.4 is 5.32 Å². The molecule has 0 aromatic heterocycles. The van der Waals surface area contributed by atoms with Gasteiger partial charge in [0, 0.05) is 12.1 Å². The molecule has 0 fully saturated rings. The Morgan fingerprint density at radius 1 is 1.22 bits per heavy atom. The zero-order valence-electron chi connectivity index (χ0n) is 8.78. The summed E-state index contributed by atoms with van der Waals surface area (Å²) in [6, 6.07) is 0.622. The predicted molar refractivity (Wildman–Crippen MR) is 52.3 cm³/mol. The van der Waals surface area contributed by atoms with Crippen molar-refractivity contribution in [3.8, 4) is 0 Å². The van der Waals surface area contributed by atoms with Gasteiger partial charge < -0.3 is 15.5 Å². The van der Waals surface area contributed by atoms with Crippen molar-refractivity contribution in [2.75, 3.05) is 6.54 Å². The average Bonchev–Trinajstić information content (AvgIpc) is 2.24. The molecule has 0 saturated carbocycles. The van der Waals surface area contributed by atoms with Crippen LogP contribution in [0.4, 0.5) is 13.2 Å². The lowest BCUT2D eigenvalue weighted by Crippen LogP contribution is -2.37. The summed E-state index contributed by atoms with van der Waals surface area (Å²) in [5, 5.41) is 19.0. The van der Waals surface area contributed by atoms with Gasteiger partial charge in [-0.25, -0.2) is 18.0 Å². The van der Waals surface area contributed by atoms with Gasteiger partial charge in [-0.2, -0.15) is 0 Å². The van der Waals surface area contributed by atoms with E-state index in [1.165, 1.54) is 0 Å². The van der Waals surface area contributed by atoms with Crippen LogP contribution in [0.5, 0.6) is 0 Å². The maximum atomic E-state index is 13.1. The van der Waals surface area contributed by atoms with E-state index in [9.17, 15) is 22.8 Å². The van der Waals surface area contributed by atoms with Crippen LogP contribution in [0.2, 0.25) is 0 Å². The summed E-state index contributed by atoms with van der Waals surface area (Å²) in [6.45, 7) is -0.732. The Kier molecular flexibility index (Phi) is 4.27. The van der Waals surface area contributed by atoms with E-state index in [1.807, 2.05) is 5.32 Å². The van der Waals surface area contributed by atoms with Crippen molar-refractivity contribution in [3.63, 3.8) is 0 Å². The normalized spacial score (nSPS) is 12.0. The van der Waals surface area contributed by atoms with Crippen molar-refractivity contribution < 1.29 is 33.0 Å². The lowest BCUT2D eigenvalue weighted by atomic mass is 10.1. The molecule has 0 radical (unpaired) electrons. The van der Waals surface area contributed by atoms with Crippen LogP contribution in [0, 0.1) is 17.5 Å². The van der Waals surface area contributed by atoms with Gasteiger partial charge in [0.2, 0.25) is 0 Å². The van der Waals surface area contributed by atoms with Crippen LogP contribution in [-0.4, -0.2) is 34.7 Å². The third kappa shape index (κ3) is 3.20. The maximum absolute atomic E-state index is 13.1. The Labute approximate surface area is 98.8 Å². The minimum Gasteiger partial charge on any atom is -0.479 e. The van der Waals surface area contributed by atoms with Crippen molar-refractivity contribution in [3.05, 3.63) is 35.1 Å². The smallest absolute Gasteiger partial charge is 0.334 e. The van der Waals surface area contributed by atoms with Crippen LogP contribution >= 0.6 is 0 Å². The highest BCUT2D eigenvalue weighted by molar-refractivity contribution is 5.95. The van der Waals surface area contributed by atoms with Gasteiger partial charge >= 0.3 is 5.97 Å². The Balaban J connectivity index is 2.82. The highest BCUT2D eigenvalue weighted by Crippen LogP contribution is 2.14. The summed E-state index contributed by atoms with van der Waals surface area (Å²) >= 11 is 0. The highest BCUT2D eigenvalue weighted by Gasteiger charge is 2.21. The van der Waals surface area contributed by atoms with Crippen LogP contribution in [-0.2, 0) is 4.79 Å². The number of aliphatic hydroxyl groups is 1. The molecule has 1 aromatic rings. The molecule has 3 N–H and O–H groups in total. The number of carboxylic acids is 1. The standard InChI is InChI=1S/C10H8F3NO4/c11-4-1-5(12)8(6(13)2-4)9(16)14-3-7(15)10(17)18/h1-2,7,15H,3H2,(H,14,16)(H,17,18)/t7-/m0/s1. The molecule has 0 bridgehead atoms. The number of carboxylic acid groups (broad SMARTS) is 1. The minimum absolute atomic E-state index is 0.311. The number of hydrogen-bond donors (Lipinski definition) is 3. The van der Waals surface area contributed by atoms with Gasteiger partial charge in [-0.1, -0.05) is 0 Å². The third-order valence-electron chi connectivity index (χ3n) is 1.97. The molecule has 0 aliphatic carbocycles. The van der Waals surface area contributed by atoms with Gasteiger partial charge in [-0.15, -0.1) is 0 Å². The molecule has 0 saturated heterocycles. The zero-order valence-corrected chi connectivity index (χ0v) is 8.78. The first kappa shape index (κ1) is 14.0. The van der Waals surface area contributed by atoms with E-state index < -0.39 is 47.5 Å². The summed E-state index contributed by atoms with van der Waals surface area (Å²) in [4.78, 5) is 21.5. The summed E-state index contributed by atoms with van der Waals surface area (Å²) < 4.78 is 38.8. The van der Waals surface area contributed by atoms with E-state index in [0.29, 0.717) is 12.1 Å². The molecule has 0 aliphatic rings. The van der Waals surface area contributed by atoms with Crippen molar-refractivity contribution in [1.82, 2.24) is 5.32 Å². The molecule has 1 atom stereocenters. The number of hydrogen-bond acceptors (Lipinski definition) is 3. The third-order valence-corrected chi connectivity index (χ3v) is 1.97. The Morgan fingerprint density at radius 2 is 1.72 bits per heavy atom. The van der Waals surface area contributed by atoms with E-state index in [-0.39, 0.29) is 0 Å². The first-order valence-corrected chi connectivity index (χ1v) is 4.66. The van der Waals surface area contributed by atoms with Gasteiger partial charge in [0.1, 0.15) is 23.0 Å². The van der Waals surface area contributed by atoms with E-state index in [4.69, 9.17) is 10.2 Å². The SMILES string of the molecule is O=C(NC[C@H](O)C(=O)O)c1c(F)cc(F)cc1F. The molecule has 1 amide bonds. The number of nitrogens with one attached hydrogen (secondary N) is 1. The lowest BCUT2D eigenvalue weighted by molar-refractivity contribution is -0.146. The largest absolute Gasteiger partial charge is 0.479 e. The van der Waals surface area contributed by atoms with Crippen LogP contribution in [0.1, 0.15) is 10.4 Å². The second kappa shape index (κ2) is 5.50. The zero-order chi connectivity index (χ0) is 13.9. The summed E-state index contributed by atoms with van der Waals surface area (Å²) in [5.41, 5.74) is -1.05. The number of benzene rings is 1. The number of amides is 1. The van der Waals surface area contributed by atoms with Crippen LogP contribution in [0.15, 0.2) is 12.1 Å². The quantitative estimate of drug-likeness (QED) is 0.728. The lowest BCUT2D eigenvalue weighted by Gasteiger charge is -2.09. The molecular weight excluding hydrogens is 255 g/mol. The second-order valence-electron chi connectivity index (χ2n) is 3.31.